The zero-order chi connectivity index (χ0) is 13.0. The summed E-state index contributed by atoms with van der Waals surface area (Å²) in [5.41, 5.74) is 0. The number of rotatable bonds is 5. The number of nitrogens with one attached hydrogen (secondary N) is 1. The molecule has 2 aromatic rings. The van der Waals surface area contributed by atoms with Gasteiger partial charge in [-0.25, -0.2) is 4.98 Å². The van der Waals surface area contributed by atoms with Crippen molar-refractivity contribution in [2.75, 3.05) is 0 Å². The molecule has 0 amide bonds. The number of nitriles is 1. The molecule has 94 valence electrons. The van der Waals surface area contributed by atoms with Crippen LogP contribution in [0, 0.1) is 11.3 Å². The fourth-order valence-electron chi connectivity index (χ4n) is 1.56. The van der Waals surface area contributed by atoms with E-state index in [0.717, 1.165) is 22.9 Å². The maximum absolute atomic E-state index is 8.77. The first-order chi connectivity index (χ1) is 8.72. The summed E-state index contributed by atoms with van der Waals surface area (Å²) in [5.74, 6) is 0. The standard InChI is InChI=1S/C13H15N3S2/c1-3-10-7-16-13(18-10)9(2)15-8-12-5-4-11(6-14)17-12/h4-5,7,9,15H,3,8H2,1-2H3. The molecule has 0 aliphatic rings. The van der Waals surface area contributed by atoms with Crippen molar-refractivity contribution in [1.29, 1.82) is 5.26 Å². The molecule has 0 aliphatic heterocycles. The summed E-state index contributed by atoms with van der Waals surface area (Å²) >= 11 is 3.30. The molecule has 3 nitrogen and oxygen atoms in total. The minimum atomic E-state index is 0.253. The third-order valence-corrected chi connectivity index (χ3v) is 4.96. The highest BCUT2D eigenvalue weighted by Gasteiger charge is 2.10. The molecule has 5 heteroatoms. The van der Waals surface area contributed by atoms with Gasteiger partial charge in [-0.05, 0) is 25.5 Å². The Kier molecular flexibility index (Phi) is 4.48. The molecular formula is C13H15N3S2. The third-order valence-electron chi connectivity index (χ3n) is 2.64. The summed E-state index contributed by atoms with van der Waals surface area (Å²) in [6.07, 6.45) is 3.00. The smallest absolute Gasteiger partial charge is 0.110 e. The first-order valence-electron chi connectivity index (χ1n) is 5.89. The molecule has 0 radical (unpaired) electrons. The summed E-state index contributed by atoms with van der Waals surface area (Å²) in [4.78, 5) is 7.70. The van der Waals surface area contributed by atoms with Crippen molar-refractivity contribution in [3.05, 3.63) is 38.0 Å². The van der Waals surface area contributed by atoms with Crippen LogP contribution in [0.1, 0.15) is 39.5 Å². The molecule has 0 saturated carbocycles. The summed E-state index contributed by atoms with van der Waals surface area (Å²) in [5, 5.41) is 13.3. The lowest BCUT2D eigenvalue weighted by atomic mass is 10.3. The van der Waals surface area contributed by atoms with Crippen LogP contribution in [0.2, 0.25) is 0 Å². The summed E-state index contributed by atoms with van der Waals surface area (Å²) in [7, 11) is 0. The van der Waals surface area contributed by atoms with Crippen molar-refractivity contribution in [1.82, 2.24) is 10.3 Å². The van der Waals surface area contributed by atoms with Gasteiger partial charge in [0.1, 0.15) is 16.0 Å². The van der Waals surface area contributed by atoms with Crippen LogP contribution in [0.3, 0.4) is 0 Å². The number of hydrogen-bond donors (Lipinski definition) is 1. The second kappa shape index (κ2) is 6.10. The zero-order valence-corrected chi connectivity index (χ0v) is 12.1. The minimum absolute atomic E-state index is 0.253. The molecule has 1 atom stereocenters. The van der Waals surface area contributed by atoms with Gasteiger partial charge in [-0.3, -0.25) is 0 Å². The molecule has 18 heavy (non-hydrogen) atoms. The Hall–Kier alpha value is -1.22. The van der Waals surface area contributed by atoms with Gasteiger partial charge < -0.3 is 5.32 Å². The Morgan fingerprint density at radius 1 is 1.39 bits per heavy atom. The van der Waals surface area contributed by atoms with Crippen molar-refractivity contribution in [3.8, 4) is 6.07 Å². The van der Waals surface area contributed by atoms with Gasteiger partial charge in [0.25, 0.3) is 0 Å². The van der Waals surface area contributed by atoms with E-state index >= 15 is 0 Å². The molecule has 2 rings (SSSR count). The van der Waals surface area contributed by atoms with E-state index in [1.165, 1.54) is 21.1 Å². The Labute approximate surface area is 115 Å². The van der Waals surface area contributed by atoms with Crippen LogP contribution in [0.25, 0.3) is 0 Å². The molecule has 2 aromatic heterocycles. The predicted octanol–water partition coefficient (Wildman–Crippen LogP) is 3.49. The van der Waals surface area contributed by atoms with Crippen molar-refractivity contribution < 1.29 is 0 Å². The van der Waals surface area contributed by atoms with Crippen molar-refractivity contribution in [3.63, 3.8) is 0 Å². The molecule has 0 aromatic carbocycles. The highest BCUT2D eigenvalue weighted by molar-refractivity contribution is 7.12. The van der Waals surface area contributed by atoms with Crippen molar-refractivity contribution in [2.45, 2.75) is 32.9 Å². The lowest BCUT2D eigenvalue weighted by molar-refractivity contribution is 0.576. The first-order valence-corrected chi connectivity index (χ1v) is 7.53. The molecule has 0 fully saturated rings. The van der Waals surface area contributed by atoms with Gasteiger partial charge in [0.05, 0.1) is 6.04 Å². The van der Waals surface area contributed by atoms with Crippen LogP contribution in [-0.2, 0) is 13.0 Å². The largest absolute Gasteiger partial charge is 0.303 e. The van der Waals surface area contributed by atoms with E-state index < -0.39 is 0 Å². The average molecular weight is 277 g/mol. The number of aryl methyl sites for hydroxylation is 1. The van der Waals surface area contributed by atoms with Gasteiger partial charge in [0.15, 0.2) is 0 Å². The van der Waals surface area contributed by atoms with Gasteiger partial charge in [-0.2, -0.15) is 5.26 Å². The van der Waals surface area contributed by atoms with Crippen molar-refractivity contribution >= 4 is 22.7 Å². The molecule has 0 aliphatic carbocycles. The van der Waals surface area contributed by atoms with Crippen LogP contribution < -0.4 is 5.32 Å². The number of nitrogens with zero attached hydrogens (tertiary/aromatic N) is 2. The number of hydrogen-bond acceptors (Lipinski definition) is 5. The summed E-state index contributed by atoms with van der Waals surface area (Å²) in [6.45, 7) is 5.05. The number of aromatic nitrogens is 1. The molecular weight excluding hydrogens is 262 g/mol. The fourth-order valence-corrected chi connectivity index (χ4v) is 3.20. The topological polar surface area (TPSA) is 48.7 Å². The SMILES string of the molecule is CCc1cnc(C(C)NCc2ccc(C#N)s2)s1. The van der Waals surface area contributed by atoms with E-state index in [1.807, 2.05) is 18.3 Å². The normalized spacial score (nSPS) is 12.3. The van der Waals surface area contributed by atoms with E-state index in [4.69, 9.17) is 5.26 Å². The Morgan fingerprint density at radius 2 is 2.22 bits per heavy atom. The van der Waals surface area contributed by atoms with Crippen LogP contribution in [-0.4, -0.2) is 4.98 Å². The fraction of sp³-hybridized carbons (Fsp3) is 0.385. The Bertz CT molecular complexity index is 551. The van der Waals surface area contributed by atoms with Gasteiger partial charge >= 0.3 is 0 Å². The molecule has 1 unspecified atom stereocenters. The van der Waals surface area contributed by atoms with Crippen LogP contribution in [0.5, 0.6) is 0 Å². The predicted molar refractivity (Wildman–Crippen MR) is 75.8 cm³/mol. The van der Waals surface area contributed by atoms with E-state index in [1.54, 1.807) is 11.3 Å². The quantitative estimate of drug-likeness (QED) is 0.910. The molecule has 1 N–H and O–H groups in total. The monoisotopic (exact) mass is 277 g/mol. The zero-order valence-electron chi connectivity index (χ0n) is 10.4. The third kappa shape index (κ3) is 3.16. The van der Waals surface area contributed by atoms with Crippen LogP contribution >= 0.6 is 22.7 Å². The highest BCUT2D eigenvalue weighted by Crippen LogP contribution is 2.21. The van der Waals surface area contributed by atoms with Crippen molar-refractivity contribution in [2.24, 2.45) is 0 Å². The second-order valence-corrected chi connectivity index (χ2v) is 6.31. The second-order valence-electron chi connectivity index (χ2n) is 4.00. The molecule has 0 spiro atoms. The van der Waals surface area contributed by atoms with Gasteiger partial charge in [-0.15, -0.1) is 22.7 Å². The van der Waals surface area contributed by atoms with E-state index in [-0.39, 0.29) is 6.04 Å². The Balaban J connectivity index is 1.91. The summed E-state index contributed by atoms with van der Waals surface area (Å²) in [6, 6.07) is 6.28. The number of thiazole rings is 1. The first kappa shape index (κ1) is 13.2. The van der Waals surface area contributed by atoms with Gasteiger partial charge in [0.2, 0.25) is 0 Å². The maximum atomic E-state index is 8.77. The minimum Gasteiger partial charge on any atom is -0.303 e. The van der Waals surface area contributed by atoms with E-state index in [9.17, 15) is 0 Å². The average Bonchev–Trinajstić information content (AvgIpc) is 3.04. The van der Waals surface area contributed by atoms with E-state index in [0.29, 0.717) is 0 Å². The lowest BCUT2D eigenvalue weighted by Crippen LogP contribution is -2.17. The summed E-state index contributed by atoms with van der Waals surface area (Å²) < 4.78 is 0. The Morgan fingerprint density at radius 3 is 2.83 bits per heavy atom. The van der Waals surface area contributed by atoms with Crippen LogP contribution in [0.15, 0.2) is 18.3 Å². The molecule has 0 bridgehead atoms. The lowest BCUT2D eigenvalue weighted by Gasteiger charge is -2.09. The number of thiophene rings is 1. The molecule has 2 heterocycles. The maximum Gasteiger partial charge on any atom is 0.110 e. The van der Waals surface area contributed by atoms with Gasteiger partial charge in [-0.1, -0.05) is 6.92 Å². The molecule has 0 saturated heterocycles. The van der Waals surface area contributed by atoms with Crippen LogP contribution in [0.4, 0.5) is 0 Å². The van der Waals surface area contributed by atoms with Gasteiger partial charge in [0, 0.05) is 22.5 Å². The highest BCUT2D eigenvalue weighted by atomic mass is 32.1. The van der Waals surface area contributed by atoms with E-state index in [2.05, 4.69) is 30.2 Å².